The summed E-state index contributed by atoms with van der Waals surface area (Å²) >= 11 is 0. The number of anilines is 1. The number of rotatable bonds is 6. The Balaban J connectivity index is 3.22. The Kier molecular flexibility index (Phi) is 4.61. The van der Waals surface area contributed by atoms with E-state index in [0.29, 0.717) is 6.54 Å². The number of aliphatic hydroxyl groups is 1. The summed E-state index contributed by atoms with van der Waals surface area (Å²) in [7, 11) is 0. The van der Waals surface area contributed by atoms with Crippen molar-refractivity contribution in [2.75, 3.05) is 18.0 Å². The quantitative estimate of drug-likeness (QED) is 0.596. The zero-order valence-corrected chi connectivity index (χ0v) is 11.5. The normalized spacial score (nSPS) is 11.2. The molecule has 0 aliphatic rings. The Morgan fingerprint density at radius 3 is 2.55 bits per heavy atom. The molecular formula is C12H17N3O5. The van der Waals surface area contributed by atoms with Gasteiger partial charge in [0, 0.05) is 19.2 Å². The summed E-state index contributed by atoms with van der Waals surface area (Å²) in [5.74, 6) is -1.11. The second kappa shape index (κ2) is 5.83. The van der Waals surface area contributed by atoms with E-state index in [0.717, 1.165) is 12.3 Å². The Hall–Kier alpha value is -2.22. The molecule has 1 aromatic heterocycles. The summed E-state index contributed by atoms with van der Waals surface area (Å²) in [5.41, 5.74) is -1.97. The van der Waals surface area contributed by atoms with Crippen molar-refractivity contribution in [3.63, 3.8) is 0 Å². The Morgan fingerprint density at radius 1 is 1.55 bits per heavy atom. The fraction of sp³-hybridized carbons (Fsp3) is 0.500. The molecule has 110 valence electrons. The summed E-state index contributed by atoms with van der Waals surface area (Å²) in [5, 5.41) is 29.6. The van der Waals surface area contributed by atoms with Gasteiger partial charge < -0.3 is 15.1 Å². The highest BCUT2D eigenvalue weighted by atomic mass is 16.6. The van der Waals surface area contributed by atoms with Gasteiger partial charge in [0.15, 0.2) is 0 Å². The predicted octanol–water partition coefficient (Wildman–Crippen LogP) is 1.29. The molecule has 0 saturated heterocycles. The van der Waals surface area contributed by atoms with Gasteiger partial charge in [-0.2, -0.15) is 0 Å². The molecule has 0 spiro atoms. The van der Waals surface area contributed by atoms with Crippen LogP contribution < -0.4 is 4.90 Å². The smallest absolute Gasteiger partial charge is 0.342 e. The van der Waals surface area contributed by atoms with Crippen LogP contribution in [0, 0.1) is 10.1 Å². The summed E-state index contributed by atoms with van der Waals surface area (Å²) in [6.07, 6.45) is 0.922. The summed E-state index contributed by atoms with van der Waals surface area (Å²) < 4.78 is 0. The molecule has 0 amide bonds. The first kappa shape index (κ1) is 15.8. The van der Waals surface area contributed by atoms with Crippen LogP contribution in [-0.2, 0) is 0 Å². The number of carboxylic acid groups (broad SMARTS) is 1. The number of nitrogens with zero attached hydrogens (tertiary/aromatic N) is 3. The summed E-state index contributed by atoms with van der Waals surface area (Å²) in [6, 6.07) is 1.15. The average molecular weight is 283 g/mol. The molecule has 2 N–H and O–H groups in total. The minimum absolute atomic E-state index is 0.230. The number of carboxylic acids is 1. The van der Waals surface area contributed by atoms with Gasteiger partial charge in [-0.1, -0.05) is 0 Å². The van der Waals surface area contributed by atoms with Crippen LogP contribution in [0.5, 0.6) is 0 Å². The number of aromatic carboxylic acids is 1. The molecule has 0 aromatic carbocycles. The standard InChI is InChI=1S/C12H17N3O5/c1-4-14(7-12(2,3)18)10-5-8(11(16)17)9(6-13-10)15(19)20/h5-6,18H,4,7H2,1-3H3,(H,16,17). The van der Waals surface area contributed by atoms with Gasteiger partial charge >= 0.3 is 11.7 Å². The van der Waals surface area contributed by atoms with Crippen molar-refractivity contribution in [2.24, 2.45) is 0 Å². The van der Waals surface area contributed by atoms with Crippen LogP contribution in [0.1, 0.15) is 31.1 Å². The zero-order valence-electron chi connectivity index (χ0n) is 11.5. The van der Waals surface area contributed by atoms with E-state index in [1.807, 2.05) is 6.92 Å². The Labute approximate surface area is 115 Å². The van der Waals surface area contributed by atoms with Gasteiger partial charge in [-0.3, -0.25) is 10.1 Å². The Morgan fingerprint density at radius 2 is 2.15 bits per heavy atom. The molecule has 1 aromatic rings. The molecule has 0 aliphatic carbocycles. The molecule has 1 rings (SSSR count). The first-order valence-electron chi connectivity index (χ1n) is 6.00. The molecule has 20 heavy (non-hydrogen) atoms. The number of pyridine rings is 1. The van der Waals surface area contributed by atoms with Crippen molar-refractivity contribution in [3.8, 4) is 0 Å². The van der Waals surface area contributed by atoms with Gasteiger partial charge in [0.05, 0.1) is 10.5 Å². The van der Waals surface area contributed by atoms with E-state index in [4.69, 9.17) is 5.11 Å². The maximum Gasteiger partial charge on any atom is 0.342 e. The van der Waals surface area contributed by atoms with Crippen molar-refractivity contribution in [3.05, 3.63) is 27.9 Å². The Bertz CT molecular complexity index is 524. The lowest BCUT2D eigenvalue weighted by Crippen LogP contribution is -2.39. The van der Waals surface area contributed by atoms with Gasteiger partial charge in [0.2, 0.25) is 0 Å². The molecule has 0 saturated carbocycles. The third-order valence-corrected chi connectivity index (χ3v) is 2.58. The molecule has 0 atom stereocenters. The fourth-order valence-electron chi connectivity index (χ4n) is 1.75. The molecule has 8 heteroatoms. The highest BCUT2D eigenvalue weighted by Crippen LogP contribution is 2.23. The minimum Gasteiger partial charge on any atom is -0.477 e. The average Bonchev–Trinajstić information content (AvgIpc) is 2.33. The third-order valence-electron chi connectivity index (χ3n) is 2.58. The van der Waals surface area contributed by atoms with Crippen LogP contribution in [0.25, 0.3) is 0 Å². The van der Waals surface area contributed by atoms with Gasteiger partial charge in [0.25, 0.3) is 0 Å². The first-order chi connectivity index (χ1) is 9.15. The van der Waals surface area contributed by atoms with Crippen LogP contribution in [0.15, 0.2) is 12.3 Å². The molecule has 0 radical (unpaired) electrons. The number of carbonyl (C=O) groups is 1. The van der Waals surface area contributed by atoms with Gasteiger partial charge in [0.1, 0.15) is 17.6 Å². The van der Waals surface area contributed by atoms with Crippen LogP contribution >= 0.6 is 0 Å². The molecular weight excluding hydrogens is 266 g/mol. The van der Waals surface area contributed by atoms with E-state index in [-0.39, 0.29) is 12.4 Å². The van der Waals surface area contributed by atoms with Crippen molar-refractivity contribution < 1.29 is 19.9 Å². The molecule has 8 nitrogen and oxygen atoms in total. The van der Waals surface area contributed by atoms with Crippen LogP contribution in [0.2, 0.25) is 0 Å². The van der Waals surface area contributed by atoms with E-state index in [9.17, 15) is 20.0 Å². The lowest BCUT2D eigenvalue weighted by molar-refractivity contribution is -0.385. The van der Waals surface area contributed by atoms with E-state index in [1.165, 1.54) is 0 Å². The van der Waals surface area contributed by atoms with Crippen molar-refractivity contribution >= 4 is 17.5 Å². The van der Waals surface area contributed by atoms with Crippen LogP contribution in [0.4, 0.5) is 11.5 Å². The van der Waals surface area contributed by atoms with Gasteiger partial charge in [-0.05, 0) is 20.8 Å². The lowest BCUT2D eigenvalue weighted by atomic mass is 10.1. The lowest BCUT2D eigenvalue weighted by Gasteiger charge is -2.29. The maximum absolute atomic E-state index is 11.1. The number of hydrogen-bond donors (Lipinski definition) is 2. The number of hydrogen-bond acceptors (Lipinski definition) is 6. The van der Waals surface area contributed by atoms with Crippen molar-refractivity contribution in [2.45, 2.75) is 26.4 Å². The van der Waals surface area contributed by atoms with Crippen LogP contribution in [0.3, 0.4) is 0 Å². The van der Waals surface area contributed by atoms with Gasteiger partial charge in [-0.15, -0.1) is 0 Å². The minimum atomic E-state index is -1.39. The van der Waals surface area contributed by atoms with E-state index in [2.05, 4.69) is 4.98 Å². The van der Waals surface area contributed by atoms with Crippen molar-refractivity contribution in [1.29, 1.82) is 0 Å². The second-order valence-corrected chi connectivity index (χ2v) is 4.95. The van der Waals surface area contributed by atoms with E-state index < -0.39 is 27.7 Å². The largest absolute Gasteiger partial charge is 0.477 e. The zero-order chi connectivity index (χ0) is 15.5. The molecule has 0 bridgehead atoms. The van der Waals surface area contributed by atoms with E-state index >= 15 is 0 Å². The highest BCUT2D eigenvalue weighted by molar-refractivity contribution is 5.93. The molecule has 0 fully saturated rings. The molecule has 0 aliphatic heterocycles. The topological polar surface area (TPSA) is 117 Å². The number of nitro groups is 1. The summed E-state index contributed by atoms with van der Waals surface area (Å²) in [4.78, 5) is 26.6. The first-order valence-corrected chi connectivity index (χ1v) is 6.00. The second-order valence-electron chi connectivity index (χ2n) is 4.95. The fourth-order valence-corrected chi connectivity index (χ4v) is 1.75. The van der Waals surface area contributed by atoms with Gasteiger partial charge in [-0.25, -0.2) is 9.78 Å². The number of likely N-dealkylation sites (N-methyl/N-ethyl adjacent to an activating group) is 1. The third kappa shape index (κ3) is 3.89. The van der Waals surface area contributed by atoms with E-state index in [1.54, 1.807) is 18.7 Å². The SMILES string of the molecule is CCN(CC(C)(C)O)c1cc(C(=O)O)c([N+](=O)[O-])cn1. The number of aromatic nitrogens is 1. The highest BCUT2D eigenvalue weighted by Gasteiger charge is 2.24. The maximum atomic E-state index is 11.1. The molecule has 0 unspecified atom stereocenters. The van der Waals surface area contributed by atoms with Crippen molar-refractivity contribution in [1.82, 2.24) is 4.98 Å². The van der Waals surface area contributed by atoms with Crippen LogP contribution in [-0.4, -0.2) is 44.8 Å². The molecule has 1 heterocycles. The predicted molar refractivity (Wildman–Crippen MR) is 72.0 cm³/mol. The summed E-state index contributed by atoms with van der Waals surface area (Å²) in [6.45, 7) is 5.74. The monoisotopic (exact) mass is 283 g/mol.